The summed E-state index contributed by atoms with van der Waals surface area (Å²) in [6, 6.07) is 11.9. The summed E-state index contributed by atoms with van der Waals surface area (Å²) in [5.41, 5.74) is 1.33. The minimum absolute atomic E-state index is 0.147. The van der Waals surface area contributed by atoms with E-state index < -0.39 is 0 Å². The maximum absolute atomic E-state index is 12.3. The summed E-state index contributed by atoms with van der Waals surface area (Å²) in [5.74, 6) is 0.760. The molecule has 3 rings (SSSR count). The van der Waals surface area contributed by atoms with Crippen molar-refractivity contribution in [2.75, 3.05) is 12.1 Å². The van der Waals surface area contributed by atoms with Gasteiger partial charge in [0.1, 0.15) is 0 Å². The minimum Gasteiger partial charge on any atom is -0.454 e. The van der Waals surface area contributed by atoms with Crippen LogP contribution in [0.25, 0.3) is 0 Å². The van der Waals surface area contributed by atoms with Gasteiger partial charge in [0.15, 0.2) is 17.3 Å². The lowest BCUT2D eigenvalue weighted by Crippen LogP contribution is -2.15. The summed E-state index contributed by atoms with van der Waals surface area (Å²) in [6.45, 7) is 1.62. The molecule has 0 spiro atoms. The number of nitrogens with one attached hydrogen (secondary N) is 1. The monoisotopic (exact) mass is 283 g/mol. The number of carbonyl (C=O) groups excluding carboxylic acids is 2. The first-order chi connectivity index (χ1) is 10.1. The van der Waals surface area contributed by atoms with E-state index in [0.717, 1.165) is 0 Å². The largest absolute Gasteiger partial charge is 0.454 e. The van der Waals surface area contributed by atoms with Crippen LogP contribution in [0.5, 0.6) is 11.5 Å². The first-order valence-corrected chi connectivity index (χ1v) is 6.46. The molecule has 0 atom stereocenters. The van der Waals surface area contributed by atoms with Gasteiger partial charge in [-0.3, -0.25) is 9.59 Å². The summed E-state index contributed by atoms with van der Waals surface area (Å²) >= 11 is 0. The summed E-state index contributed by atoms with van der Waals surface area (Å²) < 4.78 is 10.5. The van der Waals surface area contributed by atoms with Gasteiger partial charge in [-0.1, -0.05) is 18.2 Å². The van der Waals surface area contributed by atoms with E-state index in [-0.39, 0.29) is 18.5 Å². The quantitative estimate of drug-likeness (QED) is 0.880. The van der Waals surface area contributed by atoms with Crippen LogP contribution in [0.2, 0.25) is 0 Å². The van der Waals surface area contributed by atoms with E-state index in [2.05, 4.69) is 5.32 Å². The summed E-state index contributed by atoms with van der Waals surface area (Å²) in [5, 5.41) is 2.76. The van der Waals surface area contributed by atoms with Gasteiger partial charge in [-0.2, -0.15) is 0 Å². The summed E-state index contributed by atoms with van der Waals surface area (Å²) in [6.07, 6.45) is 0. The van der Waals surface area contributed by atoms with Crippen LogP contribution in [0.15, 0.2) is 42.5 Å². The predicted molar refractivity (Wildman–Crippen MR) is 77.0 cm³/mol. The third-order valence-electron chi connectivity index (χ3n) is 3.18. The molecule has 0 unspecified atom stereocenters. The average Bonchev–Trinajstić information content (AvgIpc) is 2.94. The topological polar surface area (TPSA) is 64.6 Å². The molecule has 1 heterocycles. The molecule has 1 aliphatic rings. The lowest BCUT2D eigenvalue weighted by Gasteiger charge is -2.08. The molecule has 2 aromatic carbocycles. The number of benzene rings is 2. The van der Waals surface area contributed by atoms with Crippen molar-refractivity contribution in [1.82, 2.24) is 0 Å². The highest BCUT2D eigenvalue weighted by Crippen LogP contribution is 2.34. The normalized spacial score (nSPS) is 12.0. The molecule has 1 aliphatic heterocycles. The van der Waals surface area contributed by atoms with Crippen molar-refractivity contribution < 1.29 is 19.1 Å². The number of hydrogen-bond acceptors (Lipinski definition) is 4. The van der Waals surface area contributed by atoms with Crippen LogP contribution in [0.3, 0.4) is 0 Å². The van der Waals surface area contributed by atoms with E-state index in [1.807, 2.05) is 0 Å². The molecule has 1 N–H and O–H groups in total. The van der Waals surface area contributed by atoms with E-state index >= 15 is 0 Å². The zero-order valence-corrected chi connectivity index (χ0v) is 11.4. The number of amides is 1. The van der Waals surface area contributed by atoms with Gasteiger partial charge in [0.2, 0.25) is 6.79 Å². The molecular formula is C16H13NO4. The number of carbonyl (C=O) groups is 2. The number of ether oxygens (including phenoxy) is 2. The Bertz CT molecular complexity index is 724. The highest BCUT2D eigenvalue weighted by Gasteiger charge is 2.17. The van der Waals surface area contributed by atoms with Gasteiger partial charge in [0, 0.05) is 17.3 Å². The van der Waals surface area contributed by atoms with Gasteiger partial charge in [0.05, 0.1) is 5.56 Å². The Morgan fingerprint density at radius 2 is 1.71 bits per heavy atom. The molecule has 0 aromatic heterocycles. The van der Waals surface area contributed by atoms with Gasteiger partial charge >= 0.3 is 0 Å². The third kappa shape index (κ3) is 2.58. The Morgan fingerprint density at radius 3 is 2.48 bits per heavy atom. The smallest absolute Gasteiger partial charge is 0.256 e. The fourth-order valence-corrected chi connectivity index (χ4v) is 2.16. The SMILES string of the molecule is CC(=O)c1ccccc1C(=O)Nc1ccc2c(c1)OCO2. The first kappa shape index (κ1) is 13.2. The van der Waals surface area contributed by atoms with Gasteiger partial charge in [-0.05, 0) is 25.1 Å². The van der Waals surface area contributed by atoms with E-state index in [4.69, 9.17) is 9.47 Å². The Kier molecular flexibility index (Phi) is 3.31. The molecular weight excluding hydrogens is 270 g/mol. The highest BCUT2D eigenvalue weighted by molar-refractivity contribution is 6.12. The van der Waals surface area contributed by atoms with Crippen LogP contribution in [0.1, 0.15) is 27.6 Å². The minimum atomic E-state index is -0.334. The van der Waals surface area contributed by atoms with E-state index in [1.165, 1.54) is 6.92 Å². The summed E-state index contributed by atoms with van der Waals surface area (Å²) in [7, 11) is 0. The van der Waals surface area contributed by atoms with Crippen molar-refractivity contribution in [3.63, 3.8) is 0 Å². The molecule has 0 aliphatic carbocycles. The fourth-order valence-electron chi connectivity index (χ4n) is 2.16. The molecule has 21 heavy (non-hydrogen) atoms. The van der Waals surface area contributed by atoms with Crippen LogP contribution in [-0.2, 0) is 0 Å². The molecule has 0 saturated heterocycles. The molecule has 0 bridgehead atoms. The molecule has 5 nitrogen and oxygen atoms in total. The van der Waals surface area contributed by atoms with Crippen molar-refractivity contribution in [3.05, 3.63) is 53.6 Å². The van der Waals surface area contributed by atoms with Crippen LogP contribution in [-0.4, -0.2) is 18.5 Å². The number of fused-ring (bicyclic) bond motifs is 1. The molecule has 0 fully saturated rings. The Labute approximate surface area is 121 Å². The second-order valence-electron chi connectivity index (χ2n) is 4.62. The maximum atomic E-state index is 12.3. The number of hydrogen-bond donors (Lipinski definition) is 1. The molecule has 106 valence electrons. The summed E-state index contributed by atoms with van der Waals surface area (Å²) in [4.78, 5) is 23.9. The number of anilines is 1. The zero-order chi connectivity index (χ0) is 14.8. The predicted octanol–water partition coefficient (Wildman–Crippen LogP) is 2.87. The number of Topliss-reactive ketones (excluding diaryl/α,β-unsaturated/α-hetero) is 1. The molecule has 2 aromatic rings. The molecule has 1 amide bonds. The van der Waals surface area contributed by atoms with E-state index in [1.54, 1.807) is 42.5 Å². The highest BCUT2D eigenvalue weighted by atomic mass is 16.7. The lowest BCUT2D eigenvalue weighted by atomic mass is 10.0. The Morgan fingerprint density at radius 1 is 1.00 bits per heavy atom. The third-order valence-corrected chi connectivity index (χ3v) is 3.18. The second-order valence-corrected chi connectivity index (χ2v) is 4.62. The standard InChI is InChI=1S/C16H13NO4/c1-10(18)12-4-2-3-5-13(12)16(19)17-11-6-7-14-15(8-11)21-9-20-14/h2-8H,9H2,1H3,(H,17,19). The van der Waals surface area contributed by atoms with Gasteiger partial charge in [-0.25, -0.2) is 0 Å². The molecule has 5 heteroatoms. The second kappa shape index (κ2) is 5.28. The van der Waals surface area contributed by atoms with Crippen molar-refractivity contribution in [2.24, 2.45) is 0 Å². The number of ketones is 1. The van der Waals surface area contributed by atoms with Crippen molar-refractivity contribution >= 4 is 17.4 Å². The lowest BCUT2D eigenvalue weighted by molar-refractivity contribution is 0.0985. The van der Waals surface area contributed by atoms with E-state index in [0.29, 0.717) is 28.3 Å². The molecule has 0 radical (unpaired) electrons. The Hall–Kier alpha value is -2.82. The van der Waals surface area contributed by atoms with Crippen LogP contribution in [0.4, 0.5) is 5.69 Å². The molecule has 0 saturated carbocycles. The fraction of sp³-hybridized carbons (Fsp3) is 0.125. The zero-order valence-electron chi connectivity index (χ0n) is 11.4. The van der Waals surface area contributed by atoms with Crippen LogP contribution in [0, 0.1) is 0 Å². The van der Waals surface area contributed by atoms with Crippen molar-refractivity contribution in [2.45, 2.75) is 6.92 Å². The van der Waals surface area contributed by atoms with Gasteiger partial charge < -0.3 is 14.8 Å². The van der Waals surface area contributed by atoms with Crippen molar-refractivity contribution in [1.29, 1.82) is 0 Å². The van der Waals surface area contributed by atoms with Crippen LogP contribution >= 0.6 is 0 Å². The maximum Gasteiger partial charge on any atom is 0.256 e. The van der Waals surface area contributed by atoms with Crippen molar-refractivity contribution in [3.8, 4) is 11.5 Å². The first-order valence-electron chi connectivity index (χ1n) is 6.46. The van der Waals surface area contributed by atoms with Gasteiger partial charge in [-0.15, -0.1) is 0 Å². The Balaban J connectivity index is 1.85. The average molecular weight is 283 g/mol. The number of rotatable bonds is 3. The van der Waals surface area contributed by atoms with Gasteiger partial charge in [0.25, 0.3) is 5.91 Å². The van der Waals surface area contributed by atoms with Crippen LogP contribution < -0.4 is 14.8 Å². The van der Waals surface area contributed by atoms with E-state index in [9.17, 15) is 9.59 Å².